The summed E-state index contributed by atoms with van der Waals surface area (Å²) in [6.45, 7) is 3.45. The van der Waals surface area contributed by atoms with E-state index in [1.165, 1.54) is 11.8 Å². The molecule has 3 rings (SSSR count). The highest BCUT2D eigenvalue weighted by Gasteiger charge is 2.10. The molecule has 0 aliphatic carbocycles. The van der Waals surface area contributed by atoms with Crippen molar-refractivity contribution in [3.05, 3.63) is 65.7 Å². The van der Waals surface area contributed by atoms with E-state index in [2.05, 4.69) is 20.8 Å². The summed E-state index contributed by atoms with van der Waals surface area (Å²) in [6, 6.07) is 17.7. The monoisotopic (exact) mass is 383 g/mol. The van der Waals surface area contributed by atoms with Crippen molar-refractivity contribution < 1.29 is 9.53 Å². The van der Waals surface area contributed by atoms with Gasteiger partial charge in [0.2, 0.25) is 11.1 Å². The lowest BCUT2D eigenvalue weighted by molar-refractivity contribution is -0.118. The van der Waals surface area contributed by atoms with E-state index in [1.54, 1.807) is 4.68 Å². The van der Waals surface area contributed by atoms with Gasteiger partial charge in [-0.15, -0.1) is 5.10 Å². The van der Waals surface area contributed by atoms with Crippen LogP contribution in [-0.4, -0.2) is 45.0 Å². The fraction of sp³-hybridized carbons (Fsp3) is 0.263. The summed E-state index contributed by atoms with van der Waals surface area (Å²) < 4.78 is 7.30. The lowest BCUT2D eigenvalue weighted by atomic mass is 10.2. The Hall–Kier alpha value is -2.87. The molecule has 0 aliphatic rings. The minimum atomic E-state index is -0.0814. The van der Waals surface area contributed by atoms with Crippen molar-refractivity contribution in [1.29, 1.82) is 0 Å². The molecule has 2 aromatic carbocycles. The normalized spacial score (nSPS) is 10.6. The maximum atomic E-state index is 12.0. The molecule has 7 nitrogen and oxygen atoms in total. The van der Waals surface area contributed by atoms with Gasteiger partial charge in [-0.25, -0.2) is 4.68 Å². The van der Waals surface area contributed by atoms with Crippen molar-refractivity contribution in [1.82, 2.24) is 25.5 Å². The first kappa shape index (κ1) is 18.9. The van der Waals surface area contributed by atoms with Crippen LogP contribution in [0.15, 0.2) is 59.8 Å². The smallest absolute Gasteiger partial charge is 0.230 e. The third kappa shape index (κ3) is 6.10. The molecule has 1 amide bonds. The Balaban J connectivity index is 1.39. The number of tetrazole rings is 1. The molecule has 27 heavy (non-hydrogen) atoms. The van der Waals surface area contributed by atoms with Crippen LogP contribution in [-0.2, 0) is 11.3 Å². The summed E-state index contributed by atoms with van der Waals surface area (Å²) in [5, 5.41) is 15.1. The predicted octanol–water partition coefficient (Wildman–Crippen LogP) is 2.32. The first-order valence-electron chi connectivity index (χ1n) is 8.60. The van der Waals surface area contributed by atoms with Crippen molar-refractivity contribution in [3.8, 4) is 5.75 Å². The number of aryl methyl sites for hydroxylation is 1. The van der Waals surface area contributed by atoms with Gasteiger partial charge in [0.05, 0.1) is 18.8 Å². The molecule has 0 unspecified atom stereocenters. The number of benzene rings is 2. The fourth-order valence-electron chi connectivity index (χ4n) is 2.40. The zero-order valence-corrected chi connectivity index (χ0v) is 15.9. The number of carbonyl (C=O) groups excluding carboxylic acids is 1. The standard InChI is InChI=1S/C19H21N5O2S/c1-15-6-5-9-17(12-15)26-11-10-20-18(25)14-27-19-21-22-23-24(19)13-16-7-3-2-4-8-16/h2-9,12H,10-11,13-14H2,1H3,(H,20,25). The Morgan fingerprint density at radius 2 is 2.04 bits per heavy atom. The van der Waals surface area contributed by atoms with Crippen molar-refractivity contribution >= 4 is 17.7 Å². The summed E-state index contributed by atoms with van der Waals surface area (Å²) in [7, 11) is 0. The van der Waals surface area contributed by atoms with Crippen LogP contribution in [0.1, 0.15) is 11.1 Å². The number of thioether (sulfide) groups is 1. The maximum absolute atomic E-state index is 12.0. The lowest BCUT2D eigenvalue weighted by Crippen LogP contribution is -2.29. The molecule has 0 saturated heterocycles. The maximum Gasteiger partial charge on any atom is 0.230 e. The number of nitrogens with zero attached hydrogens (tertiary/aromatic N) is 4. The van der Waals surface area contributed by atoms with Gasteiger partial charge in [0.25, 0.3) is 0 Å². The molecule has 0 aliphatic heterocycles. The summed E-state index contributed by atoms with van der Waals surface area (Å²) in [6.07, 6.45) is 0. The Bertz CT molecular complexity index is 869. The fourth-order valence-corrected chi connectivity index (χ4v) is 3.11. The second-order valence-corrected chi connectivity index (χ2v) is 6.85. The minimum Gasteiger partial charge on any atom is -0.492 e. The molecule has 0 atom stereocenters. The number of rotatable bonds is 9. The average Bonchev–Trinajstić information content (AvgIpc) is 3.11. The zero-order chi connectivity index (χ0) is 18.9. The van der Waals surface area contributed by atoms with Crippen molar-refractivity contribution in [3.63, 3.8) is 0 Å². The van der Waals surface area contributed by atoms with Gasteiger partial charge in [0.15, 0.2) is 0 Å². The second kappa shape index (κ2) is 9.72. The third-order valence-corrected chi connectivity index (χ3v) is 4.65. The average molecular weight is 383 g/mol. The highest BCUT2D eigenvalue weighted by molar-refractivity contribution is 7.99. The number of hydrogen-bond acceptors (Lipinski definition) is 6. The van der Waals surface area contributed by atoms with Crippen LogP contribution in [0.25, 0.3) is 0 Å². The topological polar surface area (TPSA) is 81.9 Å². The Morgan fingerprint density at radius 1 is 1.19 bits per heavy atom. The van der Waals surface area contributed by atoms with Crippen LogP contribution in [0.3, 0.4) is 0 Å². The van der Waals surface area contributed by atoms with Gasteiger partial charge in [-0.1, -0.05) is 54.2 Å². The third-order valence-electron chi connectivity index (χ3n) is 3.69. The van der Waals surface area contributed by atoms with E-state index in [1.807, 2.05) is 61.5 Å². The molecular weight excluding hydrogens is 362 g/mol. The van der Waals surface area contributed by atoms with Gasteiger partial charge in [0, 0.05) is 0 Å². The molecule has 3 aromatic rings. The van der Waals surface area contributed by atoms with Gasteiger partial charge in [-0.3, -0.25) is 4.79 Å². The van der Waals surface area contributed by atoms with Crippen molar-refractivity contribution in [2.75, 3.05) is 18.9 Å². The van der Waals surface area contributed by atoms with Crippen LogP contribution >= 0.6 is 11.8 Å². The van der Waals surface area contributed by atoms with Gasteiger partial charge in [-0.2, -0.15) is 0 Å². The van der Waals surface area contributed by atoms with Crippen LogP contribution < -0.4 is 10.1 Å². The van der Waals surface area contributed by atoms with Crippen molar-refractivity contribution in [2.24, 2.45) is 0 Å². The van der Waals surface area contributed by atoms with E-state index in [0.29, 0.717) is 24.9 Å². The Kier molecular flexibility index (Phi) is 6.81. The molecule has 0 radical (unpaired) electrons. The molecule has 140 valence electrons. The summed E-state index contributed by atoms with van der Waals surface area (Å²) in [5.41, 5.74) is 2.24. The highest BCUT2D eigenvalue weighted by Crippen LogP contribution is 2.15. The SMILES string of the molecule is Cc1cccc(OCCNC(=O)CSc2nnnn2Cc2ccccc2)c1. The molecule has 1 N–H and O–H groups in total. The number of ether oxygens (including phenoxy) is 1. The van der Waals surface area contributed by atoms with Gasteiger partial charge in [0.1, 0.15) is 12.4 Å². The van der Waals surface area contributed by atoms with Crippen LogP contribution in [0.4, 0.5) is 0 Å². The lowest BCUT2D eigenvalue weighted by Gasteiger charge is -2.08. The number of aromatic nitrogens is 4. The molecule has 0 bridgehead atoms. The van der Waals surface area contributed by atoms with Gasteiger partial charge in [-0.05, 0) is 40.6 Å². The number of hydrogen-bond donors (Lipinski definition) is 1. The highest BCUT2D eigenvalue weighted by atomic mass is 32.2. The molecule has 0 saturated carbocycles. The summed E-state index contributed by atoms with van der Waals surface area (Å²) in [5.74, 6) is 0.973. The molecular formula is C19H21N5O2S. The van der Waals surface area contributed by atoms with E-state index in [9.17, 15) is 4.79 Å². The molecule has 1 heterocycles. The quantitative estimate of drug-likeness (QED) is 0.451. The van der Waals surface area contributed by atoms with Gasteiger partial charge >= 0.3 is 0 Å². The van der Waals surface area contributed by atoms with Crippen LogP contribution in [0, 0.1) is 6.92 Å². The summed E-state index contributed by atoms with van der Waals surface area (Å²) >= 11 is 1.31. The van der Waals surface area contributed by atoms with E-state index < -0.39 is 0 Å². The first-order chi connectivity index (χ1) is 13.2. The number of carbonyl (C=O) groups is 1. The Morgan fingerprint density at radius 3 is 2.85 bits per heavy atom. The largest absolute Gasteiger partial charge is 0.492 e. The van der Waals surface area contributed by atoms with E-state index in [-0.39, 0.29) is 11.7 Å². The summed E-state index contributed by atoms with van der Waals surface area (Å²) in [4.78, 5) is 12.0. The molecule has 0 spiro atoms. The molecule has 1 aromatic heterocycles. The second-order valence-electron chi connectivity index (χ2n) is 5.91. The molecule has 0 fully saturated rings. The van der Waals surface area contributed by atoms with Crippen molar-refractivity contribution in [2.45, 2.75) is 18.6 Å². The first-order valence-corrected chi connectivity index (χ1v) is 9.58. The number of nitrogens with one attached hydrogen (secondary N) is 1. The minimum absolute atomic E-state index is 0.0814. The molecule has 8 heteroatoms. The van der Waals surface area contributed by atoms with E-state index in [4.69, 9.17) is 4.74 Å². The number of amides is 1. The van der Waals surface area contributed by atoms with E-state index >= 15 is 0 Å². The zero-order valence-electron chi connectivity index (χ0n) is 15.0. The van der Waals surface area contributed by atoms with Crippen LogP contribution in [0.2, 0.25) is 0 Å². The van der Waals surface area contributed by atoms with E-state index in [0.717, 1.165) is 16.9 Å². The van der Waals surface area contributed by atoms with Gasteiger partial charge < -0.3 is 10.1 Å². The predicted molar refractivity (Wildman–Crippen MR) is 104 cm³/mol. The van der Waals surface area contributed by atoms with Crippen LogP contribution in [0.5, 0.6) is 5.75 Å². The Labute approximate surface area is 162 Å².